The molecule has 2 aromatic rings. The molecule has 8 heteroatoms. The summed E-state index contributed by atoms with van der Waals surface area (Å²) in [6, 6.07) is 0. The minimum atomic E-state index is -0.164. The first kappa shape index (κ1) is 14.9. The fraction of sp³-hybridized carbons (Fsp3) is 0.583. The Labute approximate surface area is 121 Å². The van der Waals surface area contributed by atoms with Crippen LogP contribution in [-0.2, 0) is 20.1 Å². The van der Waals surface area contributed by atoms with Crippen LogP contribution in [0.1, 0.15) is 24.6 Å². The number of nitrogens with zero attached hydrogens (tertiary/aromatic N) is 4. The maximum Gasteiger partial charge on any atom is 0.343 e. The van der Waals surface area contributed by atoms with E-state index in [4.69, 9.17) is 0 Å². The first-order chi connectivity index (χ1) is 9.58. The summed E-state index contributed by atoms with van der Waals surface area (Å²) in [5, 5.41) is 15.9. The average Bonchev–Trinajstić information content (AvgIpc) is 2.87. The summed E-state index contributed by atoms with van der Waals surface area (Å²) in [5.41, 5.74) is 1.96. The first-order valence-corrected chi connectivity index (χ1v) is 7.40. The molecule has 2 rings (SSSR count). The molecule has 0 radical (unpaired) electrons. The van der Waals surface area contributed by atoms with Gasteiger partial charge in [0, 0.05) is 25.7 Å². The number of rotatable bonds is 6. The number of hydrogen-bond acceptors (Lipinski definition) is 5. The van der Waals surface area contributed by atoms with Crippen molar-refractivity contribution in [3.05, 3.63) is 21.7 Å². The molecule has 0 aliphatic carbocycles. The monoisotopic (exact) mass is 296 g/mol. The van der Waals surface area contributed by atoms with E-state index in [9.17, 15) is 4.79 Å². The maximum absolute atomic E-state index is 11.7. The Kier molecular flexibility index (Phi) is 4.66. The lowest BCUT2D eigenvalue weighted by Gasteiger charge is -2.06. The van der Waals surface area contributed by atoms with Crippen LogP contribution in [-0.4, -0.2) is 31.6 Å². The Hall–Kier alpha value is -1.54. The summed E-state index contributed by atoms with van der Waals surface area (Å²) >= 11 is 1.47. The van der Waals surface area contributed by atoms with E-state index in [1.807, 2.05) is 32.6 Å². The molecule has 0 aromatic carbocycles. The van der Waals surface area contributed by atoms with Gasteiger partial charge in [-0.15, -0.1) is 5.10 Å². The zero-order valence-corrected chi connectivity index (χ0v) is 13.0. The van der Waals surface area contributed by atoms with Gasteiger partial charge in [0.05, 0.1) is 5.69 Å². The van der Waals surface area contributed by atoms with Crippen LogP contribution in [0.3, 0.4) is 0 Å². The lowest BCUT2D eigenvalue weighted by atomic mass is 10.3. The van der Waals surface area contributed by atoms with E-state index in [2.05, 4.69) is 20.6 Å². The van der Waals surface area contributed by atoms with Crippen LogP contribution in [0.2, 0.25) is 0 Å². The Bertz CT molecular complexity index is 641. The molecule has 0 spiro atoms. The van der Waals surface area contributed by atoms with Gasteiger partial charge >= 0.3 is 5.69 Å². The minimum Gasteiger partial charge on any atom is -0.316 e. The van der Waals surface area contributed by atoms with Crippen LogP contribution in [0, 0.1) is 6.92 Å². The smallest absolute Gasteiger partial charge is 0.316 e. The second kappa shape index (κ2) is 6.27. The highest BCUT2D eigenvalue weighted by Gasteiger charge is 2.17. The molecule has 0 aliphatic heterocycles. The highest BCUT2D eigenvalue weighted by atomic mass is 32.2. The predicted octanol–water partition coefficient (Wildman–Crippen LogP) is 0.894. The molecular formula is C12H20N6OS. The Balaban J connectivity index is 2.37. The number of aryl methyl sites for hydroxylation is 2. The van der Waals surface area contributed by atoms with E-state index in [1.54, 1.807) is 4.57 Å². The highest BCUT2D eigenvalue weighted by molar-refractivity contribution is 7.99. The largest absolute Gasteiger partial charge is 0.343 e. The lowest BCUT2D eigenvalue weighted by molar-refractivity contribution is 0.601. The van der Waals surface area contributed by atoms with Crippen molar-refractivity contribution in [1.82, 2.24) is 29.9 Å². The zero-order chi connectivity index (χ0) is 14.7. The molecule has 0 saturated carbocycles. The maximum atomic E-state index is 11.7. The van der Waals surface area contributed by atoms with E-state index in [1.165, 1.54) is 11.8 Å². The second-order valence-electron chi connectivity index (χ2n) is 4.59. The molecule has 0 saturated heterocycles. The minimum absolute atomic E-state index is 0.164. The third-order valence-corrected chi connectivity index (χ3v) is 4.20. The number of H-pyrrole nitrogens is 1. The van der Waals surface area contributed by atoms with Crippen LogP contribution in [0.25, 0.3) is 0 Å². The van der Waals surface area contributed by atoms with Crippen LogP contribution in [0.4, 0.5) is 0 Å². The molecule has 0 aliphatic rings. The Morgan fingerprint density at radius 3 is 2.85 bits per heavy atom. The van der Waals surface area contributed by atoms with E-state index in [0.29, 0.717) is 11.7 Å². The van der Waals surface area contributed by atoms with E-state index in [0.717, 1.165) is 29.2 Å². The van der Waals surface area contributed by atoms with Crippen molar-refractivity contribution in [3.8, 4) is 0 Å². The molecule has 2 aromatic heterocycles. The molecule has 0 fully saturated rings. The topological polar surface area (TPSA) is 80.5 Å². The Morgan fingerprint density at radius 1 is 1.45 bits per heavy atom. The zero-order valence-electron chi connectivity index (χ0n) is 12.2. The van der Waals surface area contributed by atoms with Gasteiger partial charge in [0.2, 0.25) is 0 Å². The molecule has 110 valence electrons. The van der Waals surface area contributed by atoms with Gasteiger partial charge in [-0.3, -0.25) is 9.25 Å². The summed E-state index contributed by atoms with van der Waals surface area (Å²) in [5.74, 6) is 0. The Morgan fingerprint density at radius 2 is 2.20 bits per heavy atom. The number of hydrogen-bond donors (Lipinski definition) is 2. The van der Waals surface area contributed by atoms with Crippen LogP contribution < -0.4 is 11.0 Å². The van der Waals surface area contributed by atoms with Gasteiger partial charge in [0.25, 0.3) is 0 Å². The molecule has 2 N–H and O–H groups in total. The third kappa shape index (κ3) is 2.80. The normalized spacial score (nSPS) is 11.2. The van der Waals surface area contributed by atoms with Crippen molar-refractivity contribution >= 4 is 11.8 Å². The molecule has 7 nitrogen and oxygen atoms in total. The first-order valence-electron chi connectivity index (χ1n) is 6.58. The lowest BCUT2D eigenvalue weighted by Crippen LogP contribution is -2.17. The van der Waals surface area contributed by atoms with Gasteiger partial charge in [0.1, 0.15) is 5.03 Å². The summed E-state index contributed by atoms with van der Waals surface area (Å²) in [4.78, 5) is 11.7. The van der Waals surface area contributed by atoms with Crippen LogP contribution in [0.15, 0.2) is 15.0 Å². The van der Waals surface area contributed by atoms with Gasteiger partial charge in [-0.25, -0.2) is 9.89 Å². The van der Waals surface area contributed by atoms with Crippen molar-refractivity contribution in [1.29, 1.82) is 0 Å². The van der Waals surface area contributed by atoms with Crippen LogP contribution in [0.5, 0.6) is 0 Å². The molecule has 20 heavy (non-hydrogen) atoms. The quantitative estimate of drug-likeness (QED) is 0.827. The van der Waals surface area contributed by atoms with E-state index >= 15 is 0 Å². The second-order valence-corrected chi connectivity index (χ2v) is 5.54. The fourth-order valence-electron chi connectivity index (χ4n) is 2.08. The SMILES string of the molecule is CCCn1c(Sc2c(CNC)c(C)nn2C)n[nH]c1=O. The van der Waals surface area contributed by atoms with Gasteiger partial charge in [-0.05, 0) is 32.2 Å². The molecule has 2 heterocycles. The summed E-state index contributed by atoms with van der Waals surface area (Å²) in [7, 11) is 3.81. The number of aromatic amines is 1. The van der Waals surface area contributed by atoms with E-state index in [-0.39, 0.29) is 5.69 Å². The van der Waals surface area contributed by atoms with Gasteiger partial charge in [-0.1, -0.05) is 6.92 Å². The fourth-order valence-corrected chi connectivity index (χ4v) is 3.14. The number of aromatic nitrogens is 5. The summed E-state index contributed by atoms with van der Waals surface area (Å²) in [6.07, 6.45) is 0.890. The predicted molar refractivity (Wildman–Crippen MR) is 78.0 cm³/mol. The van der Waals surface area contributed by atoms with Crippen molar-refractivity contribution in [2.75, 3.05) is 7.05 Å². The third-order valence-electron chi connectivity index (χ3n) is 3.00. The number of nitrogens with one attached hydrogen (secondary N) is 2. The van der Waals surface area contributed by atoms with Gasteiger partial charge in [-0.2, -0.15) is 5.10 Å². The van der Waals surface area contributed by atoms with Crippen LogP contribution >= 0.6 is 11.8 Å². The van der Waals surface area contributed by atoms with Gasteiger partial charge < -0.3 is 5.32 Å². The summed E-state index contributed by atoms with van der Waals surface area (Å²) < 4.78 is 3.50. The van der Waals surface area contributed by atoms with Gasteiger partial charge in [0.15, 0.2) is 5.16 Å². The van der Waals surface area contributed by atoms with E-state index < -0.39 is 0 Å². The van der Waals surface area contributed by atoms with Crippen molar-refractivity contribution in [2.45, 2.75) is 43.5 Å². The molecule has 0 amide bonds. The molecular weight excluding hydrogens is 276 g/mol. The van der Waals surface area contributed by atoms with Crippen molar-refractivity contribution < 1.29 is 0 Å². The van der Waals surface area contributed by atoms with Crippen molar-refractivity contribution in [3.63, 3.8) is 0 Å². The molecule has 0 unspecified atom stereocenters. The summed E-state index contributed by atoms with van der Waals surface area (Å²) in [6.45, 7) is 5.43. The standard InChI is InChI=1S/C12H20N6OS/c1-5-6-18-11(19)14-15-12(18)20-10-9(7-13-3)8(2)16-17(10)4/h13H,5-7H2,1-4H3,(H,14,19). The molecule has 0 atom stereocenters. The molecule has 0 bridgehead atoms. The van der Waals surface area contributed by atoms with Crippen molar-refractivity contribution in [2.24, 2.45) is 7.05 Å². The average molecular weight is 296 g/mol. The highest BCUT2D eigenvalue weighted by Crippen LogP contribution is 2.29.